The molecule has 1 aliphatic carbocycles. The van der Waals surface area contributed by atoms with Crippen molar-refractivity contribution < 1.29 is 24.2 Å². The molecule has 0 heterocycles. The molecule has 2 unspecified atom stereocenters. The zero-order chi connectivity index (χ0) is 27.0. The van der Waals surface area contributed by atoms with Gasteiger partial charge in [-0.05, 0) is 69.7 Å². The minimum absolute atomic E-state index is 0.0495. The van der Waals surface area contributed by atoms with Gasteiger partial charge in [0.15, 0.2) is 0 Å². The summed E-state index contributed by atoms with van der Waals surface area (Å²) in [6.45, 7) is 14.6. The summed E-state index contributed by atoms with van der Waals surface area (Å²) in [4.78, 5) is 41.6. The lowest BCUT2D eigenvalue weighted by molar-refractivity contribution is -0.143. The summed E-state index contributed by atoms with van der Waals surface area (Å²) in [6, 6.07) is 3.08. The zero-order valence-corrected chi connectivity index (χ0v) is 22.6. The van der Waals surface area contributed by atoms with Crippen LogP contribution in [0.15, 0.2) is 30.9 Å². The maximum Gasteiger partial charge on any atom is 0.408 e. The first-order chi connectivity index (χ1) is 16.8. The van der Waals surface area contributed by atoms with E-state index < -0.39 is 29.7 Å². The summed E-state index contributed by atoms with van der Waals surface area (Å²) in [7, 11) is 0. The maximum absolute atomic E-state index is 13.9. The van der Waals surface area contributed by atoms with Gasteiger partial charge < -0.3 is 25.4 Å². The van der Waals surface area contributed by atoms with Crippen molar-refractivity contribution in [3.05, 3.63) is 42.0 Å². The van der Waals surface area contributed by atoms with Gasteiger partial charge in [-0.3, -0.25) is 9.59 Å². The van der Waals surface area contributed by atoms with Crippen molar-refractivity contribution in [1.82, 2.24) is 15.5 Å². The third-order valence-corrected chi connectivity index (χ3v) is 6.26. The molecule has 0 aliphatic heterocycles. The molecule has 3 amide bonds. The van der Waals surface area contributed by atoms with Gasteiger partial charge in [-0.15, -0.1) is 6.58 Å². The number of aryl methyl sites for hydroxylation is 1. The van der Waals surface area contributed by atoms with Gasteiger partial charge in [-0.2, -0.15) is 0 Å². The Hall–Kier alpha value is -3.03. The van der Waals surface area contributed by atoms with Gasteiger partial charge in [0.05, 0.1) is 0 Å². The molecule has 1 aliphatic rings. The van der Waals surface area contributed by atoms with Crippen LogP contribution in [0, 0.1) is 12.8 Å². The van der Waals surface area contributed by atoms with Crippen LogP contribution in [0.3, 0.4) is 0 Å². The molecule has 1 saturated carbocycles. The summed E-state index contributed by atoms with van der Waals surface area (Å²) in [5.74, 6) is -0.855. The Balaban J connectivity index is 2.45. The fraction of sp³-hybridized carbons (Fsp3) is 0.607. The molecule has 1 aromatic carbocycles. The first-order valence-corrected chi connectivity index (χ1v) is 12.8. The van der Waals surface area contributed by atoms with E-state index in [1.54, 1.807) is 45.9 Å². The topological polar surface area (TPSA) is 108 Å². The van der Waals surface area contributed by atoms with Gasteiger partial charge in [-0.1, -0.05) is 45.3 Å². The first kappa shape index (κ1) is 29.2. The molecule has 3 N–H and O–H groups in total. The lowest BCUT2D eigenvalue weighted by Gasteiger charge is -2.36. The van der Waals surface area contributed by atoms with Crippen molar-refractivity contribution in [3.63, 3.8) is 0 Å². The number of phenols is 1. The number of carbonyl (C=O) groups excluding carboxylic acids is 3. The molecule has 1 fully saturated rings. The highest BCUT2D eigenvalue weighted by molar-refractivity contribution is 5.92. The molecule has 0 aromatic heterocycles. The Morgan fingerprint density at radius 1 is 1.19 bits per heavy atom. The summed E-state index contributed by atoms with van der Waals surface area (Å²) in [5, 5.41) is 15.9. The summed E-state index contributed by atoms with van der Waals surface area (Å²) in [6.07, 6.45) is 5.93. The summed E-state index contributed by atoms with van der Waals surface area (Å²) in [5.41, 5.74) is 0.455. The summed E-state index contributed by atoms with van der Waals surface area (Å²) < 4.78 is 5.38. The van der Waals surface area contributed by atoms with Crippen LogP contribution < -0.4 is 10.6 Å². The number of hydrogen-bond acceptors (Lipinski definition) is 5. The van der Waals surface area contributed by atoms with Crippen LogP contribution in [0.25, 0.3) is 0 Å². The summed E-state index contributed by atoms with van der Waals surface area (Å²) >= 11 is 0. The van der Waals surface area contributed by atoms with Crippen molar-refractivity contribution in [3.8, 4) is 5.75 Å². The van der Waals surface area contributed by atoms with Crippen molar-refractivity contribution >= 4 is 17.9 Å². The van der Waals surface area contributed by atoms with Gasteiger partial charge >= 0.3 is 6.09 Å². The van der Waals surface area contributed by atoms with Crippen LogP contribution in [-0.2, 0) is 14.3 Å². The maximum atomic E-state index is 13.9. The second kappa shape index (κ2) is 12.8. The molecule has 2 atom stereocenters. The molecular weight excluding hydrogens is 458 g/mol. The molecule has 1 aromatic rings. The molecule has 0 spiro atoms. The van der Waals surface area contributed by atoms with E-state index >= 15 is 0 Å². The number of aromatic hydroxyl groups is 1. The predicted molar refractivity (Wildman–Crippen MR) is 141 cm³/mol. The Kier molecular flexibility index (Phi) is 10.4. The number of ether oxygens (including phenoxy) is 1. The van der Waals surface area contributed by atoms with Gasteiger partial charge in [0.25, 0.3) is 0 Å². The Labute approximate surface area is 215 Å². The number of nitrogens with one attached hydrogen (secondary N) is 2. The lowest BCUT2D eigenvalue weighted by atomic mass is 9.94. The standard InChI is InChI=1S/C28H43N3O5/c1-8-16-31(26(34)23(18(2)3)30-27(35)36-28(5,6)7)24(20-14-15-22(32)19(4)17-20)25(33)29-21-12-10-9-11-13-21/h8,14-15,17-18,21,23-24,32H,1,9-13,16H2,2-7H3,(H,29,33)(H,30,35). The van der Waals surface area contributed by atoms with Crippen LogP contribution in [0.2, 0.25) is 0 Å². The monoisotopic (exact) mass is 501 g/mol. The molecule has 0 bridgehead atoms. The van der Waals surface area contributed by atoms with E-state index in [4.69, 9.17) is 4.74 Å². The van der Waals surface area contributed by atoms with E-state index in [0.29, 0.717) is 11.1 Å². The van der Waals surface area contributed by atoms with Crippen molar-refractivity contribution in [2.24, 2.45) is 5.92 Å². The van der Waals surface area contributed by atoms with Crippen molar-refractivity contribution in [1.29, 1.82) is 0 Å². The molecule has 8 nitrogen and oxygen atoms in total. The first-order valence-electron chi connectivity index (χ1n) is 12.8. The fourth-order valence-electron chi connectivity index (χ4n) is 4.44. The number of rotatable bonds is 9. The van der Waals surface area contributed by atoms with Crippen LogP contribution in [0.4, 0.5) is 4.79 Å². The number of benzene rings is 1. The van der Waals surface area contributed by atoms with Gasteiger partial charge in [0.1, 0.15) is 23.4 Å². The molecular formula is C28H43N3O5. The van der Waals surface area contributed by atoms with E-state index in [1.807, 2.05) is 13.8 Å². The van der Waals surface area contributed by atoms with Gasteiger partial charge in [-0.25, -0.2) is 4.79 Å². The van der Waals surface area contributed by atoms with Crippen molar-refractivity contribution in [2.45, 2.75) is 97.4 Å². The zero-order valence-electron chi connectivity index (χ0n) is 22.6. The van der Waals surface area contributed by atoms with Crippen LogP contribution in [0.5, 0.6) is 5.75 Å². The Morgan fingerprint density at radius 2 is 1.83 bits per heavy atom. The highest BCUT2D eigenvalue weighted by Crippen LogP contribution is 2.29. The lowest BCUT2D eigenvalue weighted by Crippen LogP contribution is -2.55. The largest absolute Gasteiger partial charge is 0.508 e. The molecule has 36 heavy (non-hydrogen) atoms. The number of amides is 3. The van der Waals surface area contributed by atoms with Crippen LogP contribution in [-0.4, -0.2) is 52.1 Å². The second-order valence-corrected chi connectivity index (χ2v) is 10.9. The number of alkyl carbamates (subject to hydrolysis) is 1. The fourth-order valence-corrected chi connectivity index (χ4v) is 4.44. The second-order valence-electron chi connectivity index (χ2n) is 10.9. The average molecular weight is 502 g/mol. The van der Waals surface area contributed by atoms with E-state index in [9.17, 15) is 19.5 Å². The third-order valence-electron chi connectivity index (χ3n) is 6.26. The van der Waals surface area contributed by atoms with E-state index in [0.717, 1.165) is 32.1 Å². The predicted octanol–water partition coefficient (Wildman–Crippen LogP) is 4.75. The number of carbonyl (C=O) groups is 3. The minimum atomic E-state index is -0.960. The van der Waals surface area contributed by atoms with Crippen LogP contribution in [0.1, 0.15) is 83.9 Å². The number of phenolic OH excluding ortho intramolecular Hbond substituents is 1. The van der Waals surface area contributed by atoms with E-state index in [1.165, 1.54) is 11.0 Å². The Bertz CT molecular complexity index is 932. The highest BCUT2D eigenvalue weighted by Gasteiger charge is 2.37. The third kappa shape index (κ3) is 8.28. The highest BCUT2D eigenvalue weighted by atomic mass is 16.6. The van der Waals surface area contributed by atoms with Crippen LogP contribution >= 0.6 is 0 Å². The molecule has 0 saturated heterocycles. The molecule has 8 heteroatoms. The normalized spacial score (nSPS) is 16.1. The van der Waals surface area contributed by atoms with Gasteiger partial charge in [0.2, 0.25) is 11.8 Å². The minimum Gasteiger partial charge on any atom is -0.508 e. The van der Waals surface area contributed by atoms with Gasteiger partial charge in [0, 0.05) is 12.6 Å². The molecule has 200 valence electrons. The van der Waals surface area contributed by atoms with E-state index in [-0.39, 0.29) is 30.2 Å². The SMILES string of the molecule is C=CCN(C(=O)C(NC(=O)OC(C)(C)C)C(C)C)C(C(=O)NC1CCCCC1)c1ccc(O)c(C)c1. The molecule has 2 rings (SSSR count). The van der Waals surface area contributed by atoms with Crippen molar-refractivity contribution in [2.75, 3.05) is 6.54 Å². The van der Waals surface area contributed by atoms with E-state index in [2.05, 4.69) is 17.2 Å². The number of nitrogens with zero attached hydrogens (tertiary/aromatic N) is 1. The quantitative estimate of drug-likeness (QED) is 0.423. The smallest absolute Gasteiger partial charge is 0.408 e. The number of hydrogen-bond donors (Lipinski definition) is 3. The molecule has 0 radical (unpaired) electrons. The Morgan fingerprint density at radius 3 is 2.36 bits per heavy atom. The average Bonchev–Trinajstić information content (AvgIpc) is 2.78.